The third-order valence-corrected chi connectivity index (χ3v) is 4.99. The monoisotopic (exact) mass is 164 g/mol. The van der Waals surface area contributed by atoms with Gasteiger partial charge in [-0.2, -0.15) is 0 Å². The van der Waals surface area contributed by atoms with Crippen LogP contribution in [0.5, 0.6) is 0 Å². The summed E-state index contributed by atoms with van der Waals surface area (Å²) in [6.45, 7) is 0. The van der Waals surface area contributed by atoms with Gasteiger partial charge >= 0.3 is 0 Å². The summed E-state index contributed by atoms with van der Waals surface area (Å²) in [6, 6.07) is 0. The van der Waals surface area contributed by atoms with Crippen molar-refractivity contribution in [2.24, 2.45) is 23.7 Å². The third-order valence-electron chi connectivity index (χ3n) is 4.99. The Bertz CT molecular complexity index is 273. The molecule has 3 aliphatic carbocycles. The fourth-order valence-electron chi connectivity index (χ4n) is 4.58. The molecule has 12 heavy (non-hydrogen) atoms. The number of epoxide rings is 2. The van der Waals surface area contributed by atoms with Gasteiger partial charge in [0.1, 0.15) is 0 Å². The zero-order chi connectivity index (χ0) is 7.45. The van der Waals surface area contributed by atoms with Crippen molar-refractivity contribution >= 4 is 0 Å². The molecule has 5 fully saturated rings. The first-order valence-electron chi connectivity index (χ1n) is 5.24. The van der Waals surface area contributed by atoms with Crippen molar-refractivity contribution in [3.8, 4) is 0 Å². The molecular weight excluding hydrogens is 152 g/mol. The Kier molecular flexibility index (Phi) is 0.644. The van der Waals surface area contributed by atoms with E-state index in [1.807, 2.05) is 0 Å². The molecule has 5 aliphatic rings. The molecule has 2 nitrogen and oxygen atoms in total. The van der Waals surface area contributed by atoms with E-state index in [-0.39, 0.29) is 0 Å². The lowest BCUT2D eigenvalue weighted by Crippen LogP contribution is -2.27. The maximum atomic E-state index is 5.69. The molecule has 0 aromatic rings. The lowest BCUT2D eigenvalue weighted by atomic mass is 9.81. The van der Waals surface area contributed by atoms with Gasteiger partial charge in [-0.1, -0.05) is 0 Å². The Hall–Kier alpha value is -0.0800. The molecule has 2 aliphatic heterocycles. The highest BCUT2D eigenvalue weighted by molar-refractivity contribution is 5.21. The number of rotatable bonds is 0. The minimum absolute atomic E-state index is 0.676. The molecule has 2 saturated heterocycles. The molecule has 8 atom stereocenters. The third kappa shape index (κ3) is 0.409. The molecule has 4 unspecified atom stereocenters. The van der Waals surface area contributed by atoms with Gasteiger partial charge in [0.05, 0.1) is 24.4 Å². The molecule has 0 spiro atoms. The largest absolute Gasteiger partial charge is 0.369 e. The minimum atomic E-state index is 0.676. The average Bonchev–Trinajstić information content (AvgIpc) is 2.92. The van der Waals surface area contributed by atoms with E-state index >= 15 is 0 Å². The SMILES string of the molecule is C1C2OC2[C@@H]2[C@H]1[C@H]1C[C@@H]2C2OC21. The fraction of sp³-hybridized carbons (Fsp3) is 1.00. The van der Waals surface area contributed by atoms with E-state index in [0.717, 1.165) is 23.7 Å². The van der Waals surface area contributed by atoms with Crippen molar-refractivity contribution in [1.82, 2.24) is 0 Å². The fourth-order valence-corrected chi connectivity index (χ4v) is 4.58. The molecule has 0 amide bonds. The molecule has 2 bridgehead atoms. The Balaban J connectivity index is 1.66. The van der Waals surface area contributed by atoms with Crippen LogP contribution in [0.15, 0.2) is 0 Å². The van der Waals surface area contributed by atoms with Gasteiger partial charge < -0.3 is 9.47 Å². The summed E-state index contributed by atoms with van der Waals surface area (Å²) in [5, 5.41) is 0. The first-order chi connectivity index (χ1) is 5.93. The van der Waals surface area contributed by atoms with Crippen molar-refractivity contribution < 1.29 is 9.47 Å². The van der Waals surface area contributed by atoms with E-state index in [9.17, 15) is 0 Å². The van der Waals surface area contributed by atoms with Crippen molar-refractivity contribution in [3.63, 3.8) is 0 Å². The summed E-state index contributed by atoms with van der Waals surface area (Å²) in [7, 11) is 0. The number of hydrogen-bond donors (Lipinski definition) is 0. The van der Waals surface area contributed by atoms with Gasteiger partial charge in [0.2, 0.25) is 0 Å². The van der Waals surface area contributed by atoms with Crippen LogP contribution in [0.4, 0.5) is 0 Å². The summed E-state index contributed by atoms with van der Waals surface area (Å²) >= 11 is 0. The minimum Gasteiger partial charge on any atom is -0.369 e. The topological polar surface area (TPSA) is 25.1 Å². The van der Waals surface area contributed by atoms with Crippen LogP contribution in [0.25, 0.3) is 0 Å². The molecule has 64 valence electrons. The Labute approximate surface area is 71.2 Å². The summed E-state index contributed by atoms with van der Waals surface area (Å²) in [5.74, 6) is 3.77. The average molecular weight is 164 g/mol. The maximum Gasteiger partial charge on any atom is 0.0876 e. The van der Waals surface area contributed by atoms with Crippen molar-refractivity contribution in [2.75, 3.05) is 0 Å². The van der Waals surface area contributed by atoms with Gasteiger partial charge in [0.15, 0.2) is 0 Å². The van der Waals surface area contributed by atoms with Crippen LogP contribution >= 0.6 is 0 Å². The summed E-state index contributed by atoms with van der Waals surface area (Å²) < 4.78 is 11.3. The van der Waals surface area contributed by atoms with E-state index in [0.29, 0.717) is 24.4 Å². The zero-order valence-corrected chi connectivity index (χ0v) is 6.85. The van der Waals surface area contributed by atoms with Crippen molar-refractivity contribution in [2.45, 2.75) is 37.3 Å². The standard InChI is InChI=1S/C10H12O2/c1-4-3-2-6-10(11-6)7(3)5(1)9-8(4)12-9/h3-10H,1-2H2/t3-,4-,5+,6?,7-,8?,9?,10?/m1/s1. The van der Waals surface area contributed by atoms with E-state index in [1.54, 1.807) is 0 Å². The van der Waals surface area contributed by atoms with Crippen LogP contribution in [0.2, 0.25) is 0 Å². The van der Waals surface area contributed by atoms with E-state index in [4.69, 9.17) is 9.47 Å². The van der Waals surface area contributed by atoms with Crippen LogP contribution < -0.4 is 0 Å². The Morgan fingerprint density at radius 1 is 0.750 bits per heavy atom. The second-order valence-corrected chi connectivity index (χ2v) is 5.24. The van der Waals surface area contributed by atoms with E-state index in [1.165, 1.54) is 12.8 Å². The lowest BCUT2D eigenvalue weighted by Gasteiger charge is -2.22. The smallest absolute Gasteiger partial charge is 0.0876 e. The molecular formula is C10H12O2. The summed E-state index contributed by atoms with van der Waals surface area (Å²) in [5.41, 5.74) is 0. The van der Waals surface area contributed by atoms with Crippen molar-refractivity contribution in [3.05, 3.63) is 0 Å². The Morgan fingerprint density at radius 2 is 1.67 bits per heavy atom. The number of hydrogen-bond acceptors (Lipinski definition) is 2. The molecule has 3 saturated carbocycles. The van der Waals surface area contributed by atoms with Gasteiger partial charge in [0, 0.05) is 0 Å². The summed E-state index contributed by atoms with van der Waals surface area (Å²) in [4.78, 5) is 0. The van der Waals surface area contributed by atoms with Crippen LogP contribution in [0, 0.1) is 23.7 Å². The molecule has 2 heteroatoms. The van der Waals surface area contributed by atoms with Gasteiger partial charge in [-0.05, 0) is 36.5 Å². The molecule has 2 heterocycles. The molecule has 0 N–H and O–H groups in total. The predicted octanol–water partition coefficient (Wildman–Crippen LogP) is 0.807. The lowest BCUT2D eigenvalue weighted by molar-refractivity contribution is 0.162. The second-order valence-electron chi connectivity index (χ2n) is 5.24. The van der Waals surface area contributed by atoms with Crippen LogP contribution in [-0.2, 0) is 9.47 Å². The van der Waals surface area contributed by atoms with Gasteiger partial charge in [-0.3, -0.25) is 0 Å². The second kappa shape index (κ2) is 1.38. The predicted molar refractivity (Wildman–Crippen MR) is 40.5 cm³/mol. The van der Waals surface area contributed by atoms with Gasteiger partial charge in [0.25, 0.3) is 0 Å². The summed E-state index contributed by atoms with van der Waals surface area (Å²) in [6.07, 6.45) is 5.58. The highest BCUT2D eigenvalue weighted by Gasteiger charge is 2.74. The molecule has 5 rings (SSSR count). The number of fused-ring (bicyclic) bond motifs is 10. The Morgan fingerprint density at radius 3 is 2.67 bits per heavy atom. The highest BCUT2D eigenvalue weighted by atomic mass is 16.6. The van der Waals surface area contributed by atoms with Gasteiger partial charge in [-0.15, -0.1) is 0 Å². The number of ether oxygens (including phenoxy) is 2. The highest BCUT2D eigenvalue weighted by Crippen LogP contribution is 2.69. The van der Waals surface area contributed by atoms with Crippen molar-refractivity contribution in [1.29, 1.82) is 0 Å². The first-order valence-corrected chi connectivity index (χ1v) is 5.24. The van der Waals surface area contributed by atoms with Crippen LogP contribution in [0.1, 0.15) is 12.8 Å². The molecule has 0 aromatic heterocycles. The van der Waals surface area contributed by atoms with Gasteiger partial charge in [-0.25, -0.2) is 0 Å². The van der Waals surface area contributed by atoms with Crippen LogP contribution in [0.3, 0.4) is 0 Å². The first kappa shape index (κ1) is 5.61. The molecule has 0 aromatic carbocycles. The van der Waals surface area contributed by atoms with E-state index in [2.05, 4.69) is 0 Å². The van der Waals surface area contributed by atoms with Crippen LogP contribution in [-0.4, -0.2) is 24.4 Å². The quantitative estimate of drug-likeness (QED) is 0.495. The zero-order valence-electron chi connectivity index (χ0n) is 6.85. The van der Waals surface area contributed by atoms with E-state index < -0.39 is 0 Å². The maximum absolute atomic E-state index is 5.69. The molecule has 0 radical (unpaired) electrons. The normalized spacial score (nSPS) is 80.0.